The molecule has 4 nitrogen and oxygen atoms in total. The first-order chi connectivity index (χ1) is 42.2. The first kappa shape index (κ1) is 49.2. The summed E-state index contributed by atoms with van der Waals surface area (Å²) in [6.07, 6.45) is 0. The Morgan fingerprint density at radius 1 is 0.282 bits per heavy atom. The second-order valence-corrected chi connectivity index (χ2v) is 23.3. The lowest BCUT2D eigenvalue weighted by Gasteiger charge is -2.46. The summed E-state index contributed by atoms with van der Waals surface area (Å²) in [7, 11) is 0. The third-order valence-electron chi connectivity index (χ3n) is 17.5. The van der Waals surface area contributed by atoms with Gasteiger partial charge < -0.3 is 19.4 Å². The molecule has 0 bridgehead atoms. The third-order valence-corrected chi connectivity index (χ3v) is 18.6. The Kier molecular flexibility index (Phi) is 11.7. The van der Waals surface area contributed by atoms with E-state index in [-0.39, 0.29) is 13.4 Å². The number of nitrogens with zero attached hydrogens (tertiary/aromatic N) is 3. The van der Waals surface area contributed by atoms with Crippen molar-refractivity contribution < 1.29 is 4.74 Å². The highest BCUT2D eigenvalue weighted by atomic mass is 32.2. The van der Waals surface area contributed by atoms with E-state index in [0.717, 1.165) is 107 Å². The van der Waals surface area contributed by atoms with Crippen molar-refractivity contribution in [2.75, 3.05) is 14.7 Å². The summed E-state index contributed by atoms with van der Waals surface area (Å²) in [5.74, 6) is 1.81. The lowest BCUT2D eigenvalue weighted by atomic mass is 9.31. The summed E-state index contributed by atoms with van der Waals surface area (Å²) in [6, 6.07) is 114. The summed E-state index contributed by atoms with van der Waals surface area (Å²) in [6.45, 7) is -0.257. The van der Waals surface area contributed by atoms with Gasteiger partial charge in [-0.15, -0.1) is 0 Å². The molecule has 4 heterocycles. The first-order valence-corrected chi connectivity index (χ1v) is 30.0. The molecule has 0 fully saturated rings. The van der Waals surface area contributed by atoms with E-state index in [0.29, 0.717) is 0 Å². The molecular formula is C78H51B2N3OS. The molecule has 0 aliphatic carbocycles. The van der Waals surface area contributed by atoms with Crippen LogP contribution in [0.25, 0.3) is 44.5 Å². The van der Waals surface area contributed by atoms with E-state index < -0.39 is 0 Å². The Bertz CT molecular complexity index is 4640. The van der Waals surface area contributed by atoms with Gasteiger partial charge in [0.15, 0.2) is 0 Å². The van der Waals surface area contributed by atoms with E-state index in [1.807, 2.05) is 11.8 Å². The maximum absolute atomic E-state index is 7.02. The van der Waals surface area contributed by atoms with Gasteiger partial charge in [0.2, 0.25) is 0 Å². The fraction of sp³-hybridized carbons (Fsp3) is 0. The minimum Gasteiger partial charge on any atom is -0.458 e. The van der Waals surface area contributed by atoms with E-state index in [1.54, 1.807) is 0 Å². The van der Waals surface area contributed by atoms with Crippen LogP contribution in [0.2, 0.25) is 0 Å². The van der Waals surface area contributed by atoms with Gasteiger partial charge in [-0.2, -0.15) is 0 Å². The molecule has 0 spiro atoms. The third kappa shape index (κ3) is 8.03. The molecule has 13 aromatic rings. The van der Waals surface area contributed by atoms with Crippen LogP contribution in [0.3, 0.4) is 0 Å². The van der Waals surface area contributed by atoms with Crippen LogP contribution < -0.4 is 52.2 Å². The molecule has 0 saturated carbocycles. The highest BCUT2D eigenvalue weighted by molar-refractivity contribution is 8.00. The zero-order valence-electron chi connectivity index (χ0n) is 46.3. The van der Waals surface area contributed by atoms with Gasteiger partial charge in [0, 0.05) is 60.6 Å². The maximum atomic E-state index is 7.02. The van der Waals surface area contributed by atoms with Crippen LogP contribution in [0.5, 0.6) is 11.5 Å². The molecule has 396 valence electrons. The fourth-order valence-electron chi connectivity index (χ4n) is 13.9. The van der Waals surface area contributed by atoms with E-state index in [9.17, 15) is 0 Å². The van der Waals surface area contributed by atoms with Crippen molar-refractivity contribution in [3.05, 3.63) is 309 Å². The Morgan fingerprint density at radius 3 is 1.41 bits per heavy atom. The molecule has 0 aromatic heterocycles. The van der Waals surface area contributed by atoms with Gasteiger partial charge in [-0.25, -0.2) is 0 Å². The van der Waals surface area contributed by atoms with Crippen molar-refractivity contribution in [3.8, 4) is 56.0 Å². The van der Waals surface area contributed by atoms with E-state index in [2.05, 4.69) is 324 Å². The molecular weight excluding hydrogens is 1050 g/mol. The number of rotatable bonds is 9. The van der Waals surface area contributed by atoms with Crippen LogP contribution in [0.15, 0.2) is 319 Å². The van der Waals surface area contributed by atoms with Gasteiger partial charge in [-0.3, -0.25) is 0 Å². The molecule has 0 atom stereocenters. The highest BCUT2D eigenvalue weighted by Crippen LogP contribution is 2.54. The van der Waals surface area contributed by atoms with Crippen LogP contribution in [0, 0.1) is 0 Å². The van der Waals surface area contributed by atoms with Crippen molar-refractivity contribution in [1.82, 2.24) is 0 Å². The fourth-order valence-corrected chi connectivity index (χ4v) is 15.1. The Balaban J connectivity index is 1.02. The molecule has 7 heteroatoms. The average Bonchev–Trinajstić information content (AvgIpc) is 1.23. The van der Waals surface area contributed by atoms with Crippen molar-refractivity contribution in [2.45, 2.75) is 9.79 Å². The van der Waals surface area contributed by atoms with Crippen LogP contribution >= 0.6 is 11.8 Å². The Morgan fingerprint density at radius 2 is 0.776 bits per heavy atom. The molecule has 4 aliphatic heterocycles. The summed E-state index contributed by atoms with van der Waals surface area (Å²) in [4.78, 5) is 10.1. The van der Waals surface area contributed by atoms with Gasteiger partial charge in [-0.1, -0.05) is 254 Å². The minimum absolute atomic E-state index is 0.0760. The minimum atomic E-state index is -0.181. The van der Waals surface area contributed by atoms with E-state index in [1.165, 1.54) is 42.6 Å². The summed E-state index contributed by atoms with van der Waals surface area (Å²) >= 11 is 1.87. The largest absolute Gasteiger partial charge is 0.458 e. The van der Waals surface area contributed by atoms with Crippen molar-refractivity contribution in [3.63, 3.8) is 0 Å². The first-order valence-electron chi connectivity index (χ1n) is 29.2. The standard InChI is InChI=1S/C78H51B2N3OS/c1-7-26-52(27-8-1)56-46-73-77-75(47-56)85-74-51-69-65(50-66(74)80(77)64-42-21-24-45-72(64)84-73)79-63-41-20-23-44-68(63)82(67-43-22-19-38-60(67)53-28-9-2-10-29-53)70-48-59(81(57-34-15-5-16-35-57)58-36-17-6-18-37-58)49-71(76(70)79)83(69)78-61(54-30-11-3-12-31-54)39-25-40-62(78)55-32-13-4-14-33-55/h1-51H. The van der Waals surface area contributed by atoms with Crippen LogP contribution in [-0.2, 0) is 0 Å². The molecule has 0 N–H and O–H groups in total. The number of hydrogen-bond donors (Lipinski definition) is 0. The average molecular weight is 1100 g/mol. The lowest BCUT2D eigenvalue weighted by molar-refractivity contribution is 0.486. The van der Waals surface area contributed by atoms with Gasteiger partial charge in [0.05, 0.1) is 17.1 Å². The van der Waals surface area contributed by atoms with Crippen LogP contribution in [-0.4, -0.2) is 13.4 Å². The number of benzene rings is 13. The van der Waals surface area contributed by atoms with Crippen molar-refractivity contribution in [2.24, 2.45) is 0 Å². The number of ether oxygens (including phenoxy) is 1. The van der Waals surface area contributed by atoms with Gasteiger partial charge in [-0.05, 0) is 128 Å². The smallest absolute Gasteiger partial charge is 0.253 e. The zero-order chi connectivity index (χ0) is 56.0. The predicted molar refractivity (Wildman–Crippen MR) is 359 cm³/mol. The van der Waals surface area contributed by atoms with Crippen LogP contribution in [0.4, 0.5) is 51.2 Å². The summed E-state index contributed by atoms with van der Waals surface area (Å²) in [5, 5.41) is 0. The van der Waals surface area contributed by atoms with Gasteiger partial charge in [0.1, 0.15) is 11.5 Å². The highest BCUT2D eigenvalue weighted by Gasteiger charge is 2.48. The summed E-state index contributed by atoms with van der Waals surface area (Å²) < 4.78 is 7.02. The number of anilines is 9. The number of para-hydroxylation sites is 6. The molecule has 4 aliphatic rings. The molecule has 85 heavy (non-hydrogen) atoms. The normalized spacial score (nSPS) is 12.9. The van der Waals surface area contributed by atoms with Crippen molar-refractivity contribution in [1.29, 1.82) is 0 Å². The predicted octanol–water partition coefficient (Wildman–Crippen LogP) is 17.0. The molecule has 17 rings (SSSR count). The van der Waals surface area contributed by atoms with E-state index >= 15 is 0 Å². The summed E-state index contributed by atoms with van der Waals surface area (Å²) in [5.41, 5.74) is 26.6. The molecule has 0 unspecified atom stereocenters. The maximum Gasteiger partial charge on any atom is 0.253 e. The monoisotopic (exact) mass is 1100 g/mol. The number of fused-ring (bicyclic) bond motifs is 8. The van der Waals surface area contributed by atoms with Crippen LogP contribution in [0.1, 0.15) is 0 Å². The quantitative estimate of drug-likeness (QED) is 0.134. The molecule has 0 saturated heterocycles. The molecule has 13 aromatic carbocycles. The second-order valence-electron chi connectivity index (χ2n) is 22.3. The molecule has 0 radical (unpaired) electrons. The van der Waals surface area contributed by atoms with Gasteiger partial charge in [0.25, 0.3) is 13.4 Å². The van der Waals surface area contributed by atoms with E-state index in [4.69, 9.17) is 4.74 Å². The van der Waals surface area contributed by atoms with Gasteiger partial charge >= 0.3 is 0 Å². The second kappa shape index (κ2) is 20.2. The SMILES string of the molecule is c1ccc(-c2cc3c4c(c2)Sc2cc5c(cc2B4c2ccccc2O3)B2c3ccccc3N(c3ccccc3-c3ccccc3)c3cc(N(c4ccccc4)c4ccccc4)cc(c32)N5c2c(-c3ccccc3)cccc2-c2ccccc2)cc1. The Labute approximate surface area is 500 Å². The zero-order valence-corrected chi connectivity index (χ0v) is 47.1. The molecule has 0 amide bonds. The topological polar surface area (TPSA) is 19.0 Å². The number of hydrogen-bond acceptors (Lipinski definition) is 5. The lowest BCUT2D eigenvalue weighted by Crippen LogP contribution is -2.64. The Hall–Kier alpha value is -10.5. The van der Waals surface area contributed by atoms with Crippen molar-refractivity contribution >= 4 is 109 Å².